The number of methoxy groups -OCH3 is 2. The van der Waals surface area contributed by atoms with E-state index in [2.05, 4.69) is 43.4 Å². The van der Waals surface area contributed by atoms with Crippen molar-refractivity contribution in [3.8, 4) is 11.5 Å². The van der Waals surface area contributed by atoms with Gasteiger partial charge in [-0.25, -0.2) is 0 Å². The molecular weight excluding hydrogens is 581 g/mol. The minimum Gasteiger partial charge on any atom is -0.493 e. The molecule has 9 nitrogen and oxygen atoms in total. The molecule has 2 N–H and O–H groups in total. The summed E-state index contributed by atoms with van der Waals surface area (Å²) >= 11 is 3.51. The molecule has 0 radical (unpaired) electrons. The fourth-order valence-electron chi connectivity index (χ4n) is 3.09. The largest absolute Gasteiger partial charge is 0.493 e. The van der Waals surface area contributed by atoms with Crippen LogP contribution in [0.1, 0.15) is 18.3 Å². The summed E-state index contributed by atoms with van der Waals surface area (Å²) in [7, 11) is 3.13. The quantitative estimate of drug-likeness (QED) is 0.193. The number of hydrogen-bond acceptors (Lipinski definition) is 7. The van der Waals surface area contributed by atoms with Crippen LogP contribution in [-0.4, -0.2) is 46.6 Å². The summed E-state index contributed by atoms with van der Waals surface area (Å²) in [5.74, 6) is 1.62. The molecular formula is C24H26IN5O4S. The van der Waals surface area contributed by atoms with Gasteiger partial charge in [-0.05, 0) is 77.6 Å². The monoisotopic (exact) mass is 607 g/mol. The van der Waals surface area contributed by atoms with E-state index in [1.165, 1.54) is 17.8 Å². The second-order valence-electron chi connectivity index (χ2n) is 7.15. The van der Waals surface area contributed by atoms with Gasteiger partial charge >= 0.3 is 0 Å². The van der Waals surface area contributed by atoms with Gasteiger partial charge in [0, 0.05) is 21.9 Å². The van der Waals surface area contributed by atoms with E-state index in [0.29, 0.717) is 29.0 Å². The van der Waals surface area contributed by atoms with Crippen molar-refractivity contribution in [2.24, 2.45) is 0 Å². The molecule has 184 valence electrons. The van der Waals surface area contributed by atoms with Crippen molar-refractivity contribution >= 4 is 57.9 Å². The van der Waals surface area contributed by atoms with Crippen LogP contribution in [0.2, 0.25) is 0 Å². The molecule has 11 heteroatoms. The second-order valence-corrected chi connectivity index (χ2v) is 9.34. The van der Waals surface area contributed by atoms with Gasteiger partial charge in [0.15, 0.2) is 22.5 Å². The van der Waals surface area contributed by atoms with E-state index in [0.717, 1.165) is 14.8 Å². The van der Waals surface area contributed by atoms with Crippen molar-refractivity contribution in [1.29, 1.82) is 0 Å². The lowest BCUT2D eigenvalue weighted by atomic mass is 10.2. The summed E-state index contributed by atoms with van der Waals surface area (Å²) in [4.78, 5) is 24.6. The zero-order chi connectivity index (χ0) is 25.2. The molecule has 35 heavy (non-hydrogen) atoms. The van der Waals surface area contributed by atoms with Gasteiger partial charge in [0.05, 0.1) is 26.5 Å². The molecule has 0 atom stereocenters. The highest BCUT2D eigenvalue weighted by Crippen LogP contribution is 2.28. The van der Waals surface area contributed by atoms with Crippen LogP contribution in [0.25, 0.3) is 6.08 Å². The Kier molecular flexibility index (Phi) is 9.97. The van der Waals surface area contributed by atoms with E-state index >= 15 is 0 Å². The third-order valence-corrected chi connectivity index (χ3v) is 6.51. The molecule has 0 aliphatic rings. The van der Waals surface area contributed by atoms with Crippen LogP contribution in [0, 0.1) is 3.57 Å². The minimum absolute atomic E-state index is 0.128. The molecule has 3 aromatic rings. The second kappa shape index (κ2) is 13.1. The third-order valence-electron chi connectivity index (χ3n) is 4.83. The normalized spacial score (nSPS) is 10.9. The average molecular weight is 607 g/mol. The smallest absolute Gasteiger partial charge is 0.244 e. The van der Waals surface area contributed by atoms with E-state index < -0.39 is 0 Å². The Labute approximate surface area is 221 Å². The first kappa shape index (κ1) is 26.5. The first-order chi connectivity index (χ1) is 16.9. The number of halogens is 1. The Morgan fingerprint density at radius 2 is 1.83 bits per heavy atom. The lowest BCUT2D eigenvalue weighted by molar-refractivity contribution is -0.116. The van der Waals surface area contributed by atoms with Gasteiger partial charge in [0.25, 0.3) is 0 Å². The topological polar surface area (TPSA) is 107 Å². The predicted molar refractivity (Wildman–Crippen MR) is 145 cm³/mol. The molecule has 0 saturated heterocycles. The number of nitrogens with zero attached hydrogens (tertiary/aromatic N) is 3. The van der Waals surface area contributed by atoms with E-state index in [1.807, 2.05) is 41.8 Å². The number of nitrogens with one attached hydrogen (secondary N) is 2. The lowest BCUT2D eigenvalue weighted by Gasteiger charge is -2.08. The van der Waals surface area contributed by atoms with E-state index in [1.54, 1.807) is 32.4 Å². The molecule has 1 aromatic heterocycles. The minimum atomic E-state index is -0.267. The first-order valence-electron chi connectivity index (χ1n) is 10.7. The highest BCUT2D eigenvalue weighted by Gasteiger charge is 2.14. The molecule has 0 aliphatic carbocycles. The molecule has 1 heterocycles. The van der Waals surface area contributed by atoms with Crippen molar-refractivity contribution in [2.45, 2.75) is 25.2 Å². The Morgan fingerprint density at radius 3 is 2.51 bits per heavy atom. The Bertz CT molecular complexity index is 1200. The molecule has 0 saturated carbocycles. The summed E-state index contributed by atoms with van der Waals surface area (Å²) in [6.45, 7) is 2.79. The summed E-state index contributed by atoms with van der Waals surface area (Å²) < 4.78 is 13.5. The van der Waals surface area contributed by atoms with E-state index in [4.69, 9.17) is 9.47 Å². The summed E-state index contributed by atoms with van der Waals surface area (Å²) in [5.41, 5.74) is 1.55. The maximum atomic E-state index is 12.3. The van der Waals surface area contributed by atoms with Gasteiger partial charge in [-0.3, -0.25) is 9.59 Å². The van der Waals surface area contributed by atoms with Gasteiger partial charge in [0.2, 0.25) is 11.8 Å². The number of aromatic nitrogens is 3. The van der Waals surface area contributed by atoms with Crippen molar-refractivity contribution in [2.75, 3.05) is 25.3 Å². The zero-order valence-electron chi connectivity index (χ0n) is 19.6. The number of carbonyl (C=O) groups is 2. The zero-order valence-corrected chi connectivity index (χ0v) is 22.6. The maximum Gasteiger partial charge on any atom is 0.244 e. The molecule has 2 amide bonds. The Balaban J connectivity index is 1.53. The molecule has 0 aliphatic heterocycles. The van der Waals surface area contributed by atoms with Gasteiger partial charge in [0.1, 0.15) is 0 Å². The van der Waals surface area contributed by atoms with Crippen molar-refractivity contribution < 1.29 is 19.1 Å². The average Bonchev–Trinajstić information content (AvgIpc) is 3.27. The van der Waals surface area contributed by atoms with Gasteiger partial charge in [-0.1, -0.05) is 17.8 Å². The van der Waals surface area contributed by atoms with Crippen LogP contribution in [0.4, 0.5) is 5.69 Å². The fourth-order valence-corrected chi connectivity index (χ4v) is 4.27. The number of thioether (sulfide) groups is 1. The van der Waals surface area contributed by atoms with Crippen LogP contribution in [0.3, 0.4) is 0 Å². The Hall–Kier alpha value is -3.06. The number of hydrogen-bond donors (Lipinski definition) is 2. The summed E-state index contributed by atoms with van der Waals surface area (Å²) in [5, 5.41) is 14.7. The van der Waals surface area contributed by atoms with Crippen LogP contribution < -0.4 is 20.1 Å². The number of benzene rings is 2. The Morgan fingerprint density at radius 1 is 1.09 bits per heavy atom. The van der Waals surface area contributed by atoms with E-state index in [-0.39, 0.29) is 24.1 Å². The summed E-state index contributed by atoms with van der Waals surface area (Å²) in [6.07, 6.45) is 3.13. The molecule has 3 rings (SSSR count). The highest BCUT2D eigenvalue weighted by atomic mass is 127. The van der Waals surface area contributed by atoms with Crippen LogP contribution in [-0.2, 0) is 22.7 Å². The third kappa shape index (κ3) is 7.72. The van der Waals surface area contributed by atoms with Crippen LogP contribution in [0.5, 0.6) is 11.5 Å². The first-order valence-corrected chi connectivity index (χ1v) is 12.8. The molecule has 0 bridgehead atoms. The predicted octanol–water partition coefficient (Wildman–Crippen LogP) is 3.98. The SMILES string of the molecule is CCn1c(CNC(=O)/C=C/c2ccc(OC)c(OC)c2)nnc1SCC(=O)Nc1ccc(I)cc1. The van der Waals surface area contributed by atoms with Crippen molar-refractivity contribution in [3.63, 3.8) is 0 Å². The molecule has 0 unspecified atom stereocenters. The number of rotatable bonds is 11. The lowest BCUT2D eigenvalue weighted by Crippen LogP contribution is -2.22. The highest BCUT2D eigenvalue weighted by molar-refractivity contribution is 14.1. The van der Waals surface area contributed by atoms with Gasteiger partial charge in [-0.2, -0.15) is 0 Å². The van der Waals surface area contributed by atoms with Crippen molar-refractivity contribution in [3.05, 3.63) is 63.5 Å². The number of ether oxygens (including phenoxy) is 2. The molecule has 2 aromatic carbocycles. The maximum absolute atomic E-state index is 12.3. The van der Waals surface area contributed by atoms with Crippen LogP contribution >= 0.6 is 34.4 Å². The number of anilines is 1. The molecule has 0 fully saturated rings. The summed E-state index contributed by atoms with van der Waals surface area (Å²) in [6, 6.07) is 13.0. The molecule has 0 spiro atoms. The number of carbonyl (C=O) groups excluding carboxylic acids is 2. The fraction of sp³-hybridized carbons (Fsp3) is 0.250. The van der Waals surface area contributed by atoms with E-state index in [9.17, 15) is 9.59 Å². The standard InChI is InChI=1S/C24H26IN5O4S/c1-4-30-21(14-26-22(31)12-6-16-5-11-19(33-2)20(13-16)34-3)28-29-24(30)35-15-23(32)27-18-9-7-17(25)8-10-18/h5-13H,4,14-15H2,1-3H3,(H,26,31)(H,27,32)/b12-6+. The van der Waals surface area contributed by atoms with Gasteiger partial charge in [-0.15, -0.1) is 10.2 Å². The van der Waals surface area contributed by atoms with Crippen molar-refractivity contribution in [1.82, 2.24) is 20.1 Å². The van der Waals surface area contributed by atoms with Gasteiger partial charge < -0.3 is 24.7 Å². The number of amides is 2. The van der Waals surface area contributed by atoms with Crippen LogP contribution in [0.15, 0.2) is 53.7 Å².